The van der Waals surface area contributed by atoms with Crippen LogP contribution in [0.3, 0.4) is 0 Å². The zero-order valence-corrected chi connectivity index (χ0v) is 37.5. The lowest BCUT2D eigenvalue weighted by Gasteiger charge is -2.40. The maximum absolute atomic E-state index is 12.8. The van der Waals surface area contributed by atoms with Gasteiger partial charge in [0.25, 0.3) is 10.1 Å². The molecule has 1 heterocycles. The number of carbonyl (C=O) groups excluding carboxylic acids is 2. The summed E-state index contributed by atoms with van der Waals surface area (Å²) in [4.78, 5) is 25.3. The minimum Gasteiger partial charge on any atom is -0.465 e. The van der Waals surface area contributed by atoms with Gasteiger partial charge in [-0.05, 0) is 12.8 Å². The van der Waals surface area contributed by atoms with Crippen LogP contribution in [-0.2, 0) is 38.7 Å². The fraction of sp³-hybridized carbons (Fsp3) is 0.956. The van der Waals surface area contributed by atoms with Crippen LogP contribution in [0.2, 0.25) is 0 Å². The number of ether oxygens (including phenoxy) is 4. The molecule has 2 unspecified atom stereocenters. The van der Waals surface area contributed by atoms with Crippen LogP contribution in [0.15, 0.2) is 0 Å². The van der Waals surface area contributed by atoms with Crippen LogP contribution < -0.4 is 0 Å². The van der Waals surface area contributed by atoms with Gasteiger partial charge in [0, 0.05) is 19.3 Å². The third-order valence-corrected chi connectivity index (χ3v) is 11.9. The molecule has 1 aliphatic rings. The average molecular weight is 851 g/mol. The third-order valence-electron chi connectivity index (χ3n) is 11.2. The molecule has 0 saturated carbocycles. The highest BCUT2D eigenvalue weighted by Crippen LogP contribution is 2.25. The van der Waals surface area contributed by atoms with Crippen molar-refractivity contribution in [2.45, 2.75) is 263 Å². The molecular weight excluding hydrogens is 765 g/mol. The number of carbonyl (C=O) groups is 2. The molecule has 0 aromatic heterocycles. The van der Waals surface area contributed by atoms with Crippen LogP contribution in [-0.4, -0.2) is 89.6 Å². The van der Waals surface area contributed by atoms with Gasteiger partial charge in [0.15, 0.2) is 6.29 Å². The quantitative estimate of drug-likeness (QED) is 0.0198. The molecule has 0 aromatic carbocycles. The van der Waals surface area contributed by atoms with Gasteiger partial charge in [0.2, 0.25) is 6.29 Å². The molecule has 6 atom stereocenters. The van der Waals surface area contributed by atoms with Gasteiger partial charge in [0.05, 0.1) is 6.61 Å². The molecule has 0 aliphatic carbocycles. The highest BCUT2D eigenvalue weighted by Gasteiger charge is 2.46. The minimum absolute atomic E-state index is 0.108. The van der Waals surface area contributed by atoms with Crippen molar-refractivity contribution in [2.75, 3.05) is 12.4 Å². The number of aliphatic hydroxyl groups is 3. The van der Waals surface area contributed by atoms with E-state index in [0.29, 0.717) is 12.8 Å². The Balaban J connectivity index is 2.40. The van der Waals surface area contributed by atoms with Crippen LogP contribution >= 0.6 is 0 Å². The Morgan fingerprint density at radius 3 is 1.28 bits per heavy atom. The van der Waals surface area contributed by atoms with E-state index >= 15 is 0 Å². The van der Waals surface area contributed by atoms with Crippen LogP contribution in [0.4, 0.5) is 0 Å². The third kappa shape index (κ3) is 30.6. The lowest BCUT2D eigenvalue weighted by atomic mass is 10.00. The summed E-state index contributed by atoms with van der Waals surface area (Å²) in [7, 11) is -4.62. The second-order valence-corrected chi connectivity index (χ2v) is 18.2. The highest BCUT2D eigenvalue weighted by molar-refractivity contribution is 7.85. The van der Waals surface area contributed by atoms with Crippen molar-refractivity contribution >= 4 is 22.1 Å². The van der Waals surface area contributed by atoms with E-state index < -0.39 is 64.8 Å². The Morgan fingerprint density at radius 2 is 0.897 bits per heavy atom. The molecule has 12 nitrogen and oxygen atoms in total. The van der Waals surface area contributed by atoms with Gasteiger partial charge in [-0.3, -0.25) is 14.1 Å². The number of unbranched alkanes of at least 4 members (excludes halogenated alkanes) is 28. The molecule has 344 valence electrons. The number of hydrogen-bond acceptors (Lipinski definition) is 11. The van der Waals surface area contributed by atoms with E-state index in [-0.39, 0.29) is 25.9 Å². The molecule has 0 bridgehead atoms. The minimum atomic E-state index is -4.62. The number of hydrogen-bond donors (Lipinski definition) is 4. The Kier molecular flexibility index (Phi) is 34.2. The second-order valence-electron chi connectivity index (χ2n) is 16.7. The van der Waals surface area contributed by atoms with E-state index in [9.17, 15) is 37.9 Å². The van der Waals surface area contributed by atoms with E-state index in [1.54, 1.807) is 0 Å². The first-order valence-corrected chi connectivity index (χ1v) is 25.2. The van der Waals surface area contributed by atoms with Crippen molar-refractivity contribution in [3.8, 4) is 0 Å². The Hall–Kier alpha value is -1.35. The number of aliphatic hydroxyl groups excluding tert-OH is 3. The Bertz CT molecular complexity index is 1090. The molecule has 0 amide bonds. The summed E-state index contributed by atoms with van der Waals surface area (Å²) in [5.41, 5.74) is 0. The standard InChI is InChI=1S/C45H86O12S/c1-3-5-7-9-11-13-15-17-19-21-23-25-27-29-31-33-39(46)54-36-35-41(57-45-44(50)43(49)42(48)38(55-45)37-58(51,52)53)56-40(47)34-32-30-28-26-24-22-20-18-16-14-12-10-8-6-4-2/h38,41-45,48-50H,3-37H2,1-2H3,(H,51,52,53)/t38-,41?,42-,43+,44-,45?/m1/s1. The van der Waals surface area contributed by atoms with Crippen LogP contribution in [0.1, 0.15) is 226 Å². The fourth-order valence-corrected chi connectivity index (χ4v) is 8.20. The molecule has 0 aromatic rings. The van der Waals surface area contributed by atoms with E-state index in [4.69, 9.17) is 18.9 Å². The lowest BCUT2D eigenvalue weighted by Crippen LogP contribution is -2.60. The summed E-state index contributed by atoms with van der Waals surface area (Å²) in [5.74, 6) is -2.01. The summed E-state index contributed by atoms with van der Waals surface area (Å²) in [5, 5.41) is 31.1. The van der Waals surface area contributed by atoms with Gasteiger partial charge in [-0.1, -0.05) is 194 Å². The summed E-state index contributed by atoms with van der Waals surface area (Å²) in [6.07, 6.45) is 26.4. The topological polar surface area (TPSA) is 186 Å². The van der Waals surface area contributed by atoms with Gasteiger partial charge in [-0.15, -0.1) is 0 Å². The predicted molar refractivity (Wildman–Crippen MR) is 229 cm³/mol. The lowest BCUT2D eigenvalue weighted by molar-refractivity contribution is -0.327. The van der Waals surface area contributed by atoms with Crippen molar-refractivity contribution in [1.82, 2.24) is 0 Å². The van der Waals surface area contributed by atoms with Gasteiger partial charge in [0.1, 0.15) is 30.2 Å². The molecule has 1 aliphatic heterocycles. The molecule has 58 heavy (non-hydrogen) atoms. The smallest absolute Gasteiger partial charge is 0.308 e. The first-order valence-electron chi connectivity index (χ1n) is 23.6. The summed E-state index contributed by atoms with van der Waals surface area (Å²) in [6, 6.07) is 0. The van der Waals surface area contributed by atoms with Gasteiger partial charge in [-0.25, -0.2) is 0 Å². The molecule has 1 fully saturated rings. The summed E-state index contributed by atoms with van der Waals surface area (Å²) >= 11 is 0. The predicted octanol–water partition coefficient (Wildman–Crippen LogP) is 10.0. The van der Waals surface area contributed by atoms with Gasteiger partial charge >= 0.3 is 11.9 Å². The van der Waals surface area contributed by atoms with Crippen LogP contribution in [0.25, 0.3) is 0 Å². The maximum atomic E-state index is 12.8. The monoisotopic (exact) mass is 851 g/mol. The zero-order chi connectivity index (χ0) is 42.7. The molecule has 1 rings (SSSR count). The summed E-state index contributed by atoms with van der Waals surface area (Å²) < 4.78 is 54.3. The zero-order valence-electron chi connectivity index (χ0n) is 36.7. The van der Waals surface area contributed by atoms with Crippen molar-refractivity contribution in [3.05, 3.63) is 0 Å². The SMILES string of the molecule is CCCCCCCCCCCCCCCCCC(=O)OCCC(OC(=O)CCCCCCCCCCCCCCCCC)OC1O[C@H](CS(=O)(=O)O)[C@@H](O)[C@H](O)[C@H]1O. The highest BCUT2D eigenvalue weighted by atomic mass is 32.2. The van der Waals surface area contributed by atoms with Crippen LogP contribution in [0.5, 0.6) is 0 Å². The average Bonchev–Trinajstić information content (AvgIpc) is 3.18. The van der Waals surface area contributed by atoms with Crippen molar-refractivity contribution < 1.29 is 56.8 Å². The molecular formula is C45H86O12S. The molecule has 4 N–H and O–H groups in total. The maximum Gasteiger partial charge on any atom is 0.308 e. The fourth-order valence-electron chi connectivity index (χ4n) is 7.51. The first kappa shape index (κ1) is 54.7. The number of esters is 2. The van der Waals surface area contributed by atoms with Crippen molar-refractivity contribution in [2.24, 2.45) is 0 Å². The van der Waals surface area contributed by atoms with Crippen molar-refractivity contribution in [3.63, 3.8) is 0 Å². The van der Waals surface area contributed by atoms with E-state index in [1.807, 2.05) is 0 Å². The van der Waals surface area contributed by atoms with Gasteiger partial charge < -0.3 is 34.3 Å². The normalized spacial score (nSPS) is 20.3. The van der Waals surface area contributed by atoms with E-state index in [2.05, 4.69) is 13.8 Å². The first-order chi connectivity index (χ1) is 28.0. The Morgan fingerprint density at radius 1 is 0.534 bits per heavy atom. The molecule has 13 heteroatoms. The largest absolute Gasteiger partial charge is 0.465 e. The molecule has 1 saturated heterocycles. The van der Waals surface area contributed by atoms with Crippen LogP contribution in [0, 0.1) is 0 Å². The second kappa shape index (κ2) is 36.3. The number of rotatable bonds is 40. The molecule has 0 radical (unpaired) electrons. The van der Waals surface area contributed by atoms with E-state index in [1.165, 1.54) is 141 Å². The van der Waals surface area contributed by atoms with E-state index in [0.717, 1.165) is 38.5 Å². The van der Waals surface area contributed by atoms with Crippen molar-refractivity contribution in [1.29, 1.82) is 0 Å². The van der Waals surface area contributed by atoms with Gasteiger partial charge in [-0.2, -0.15) is 8.42 Å². The Labute approximate surface area is 353 Å². The summed E-state index contributed by atoms with van der Waals surface area (Å²) in [6.45, 7) is 4.33. The molecule has 0 spiro atoms.